The van der Waals surface area contributed by atoms with Crippen LogP contribution in [0.2, 0.25) is 0 Å². The summed E-state index contributed by atoms with van der Waals surface area (Å²) in [4.78, 5) is 58.4. The third kappa shape index (κ3) is 14.8. The standard InChI is InChI=1S/C53H85NO10/c1-33-18-14-13-15-19-34(2)47(61-11)30-43-24-22-40(8)53(59,64-43)32-49(56)54-25-17-16-20-44(54)52(58)63-48(38(6)28-42-23-21-35(3)46(29-42)60-10)31-45(55)37(5)27-36(4)41(9)51(62-12)50(57)39(7)26-33/h13-15,18-19,27,33,35,37-44,46-48,51,59H,16-17,20-26,28-32H2,1-12H3/b15-13+,18-14+,34-19+,36-27+/t33-,35-,37-,38-,39-,40-,41-,42+,43+,44+,46-,47+,48+,51-,53+/m1/s1. The first-order chi connectivity index (χ1) is 30.3. The first kappa shape index (κ1) is 53.7. The average Bonchev–Trinajstić information content (AvgIpc) is 3.26. The maximum atomic E-state index is 14.4. The summed E-state index contributed by atoms with van der Waals surface area (Å²) < 4.78 is 30.5. The number of carbonyl (C=O) groups is 4. The summed E-state index contributed by atoms with van der Waals surface area (Å²) in [6.45, 7) is 18.4. The highest BCUT2D eigenvalue weighted by molar-refractivity contribution is 5.87. The van der Waals surface area contributed by atoms with E-state index in [0.29, 0.717) is 50.5 Å². The first-order valence-electron chi connectivity index (χ1n) is 24.6. The summed E-state index contributed by atoms with van der Waals surface area (Å²) in [5.74, 6) is -3.08. The Bertz CT molecular complexity index is 1670. The minimum absolute atomic E-state index is 0.0254. The van der Waals surface area contributed by atoms with Gasteiger partial charge in [0.05, 0.1) is 24.7 Å². The first-order valence-corrected chi connectivity index (χ1v) is 24.6. The molecular formula is C53H85NO10. The van der Waals surface area contributed by atoms with E-state index < -0.39 is 35.9 Å². The summed E-state index contributed by atoms with van der Waals surface area (Å²) >= 11 is 0. The van der Waals surface area contributed by atoms with Crippen LogP contribution in [0.5, 0.6) is 0 Å². The lowest BCUT2D eigenvalue weighted by atomic mass is 9.76. The molecule has 64 heavy (non-hydrogen) atoms. The monoisotopic (exact) mass is 896 g/mol. The molecule has 1 saturated carbocycles. The number of hydrogen-bond acceptors (Lipinski definition) is 10. The smallest absolute Gasteiger partial charge is 0.329 e. The third-order valence-corrected chi connectivity index (χ3v) is 15.3. The maximum Gasteiger partial charge on any atom is 0.329 e. The molecule has 11 heteroatoms. The number of piperidine rings is 1. The molecule has 0 aromatic rings. The molecule has 3 aliphatic heterocycles. The second kappa shape index (κ2) is 25.3. The fourth-order valence-corrected chi connectivity index (χ4v) is 10.7. The van der Waals surface area contributed by atoms with Gasteiger partial charge in [-0.15, -0.1) is 0 Å². The minimum atomic E-state index is -1.71. The van der Waals surface area contributed by atoms with E-state index in [1.807, 2.05) is 71.9 Å². The molecule has 1 N–H and O–H groups in total. The molecule has 1 amide bonds. The molecular weight excluding hydrogens is 811 g/mol. The van der Waals surface area contributed by atoms with Gasteiger partial charge in [0.25, 0.3) is 0 Å². The number of cyclic esters (lactones) is 1. The number of ketones is 2. The minimum Gasteiger partial charge on any atom is -0.460 e. The zero-order valence-corrected chi connectivity index (χ0v) is 41.5. The SMILES string of the molecule is CO[C@H]1C[C@@H]2CC[C@@H](C)[C@](O)(CC(=O)N3CCCC[C@H]3C(=O)O[C@H]([C@H](C)C[C@@H]3CC[C@@H](C)[C@H](OC)C3)CC(=O)[C@H](C)/C=C(\C)[C@@H](C)[C@@H](OC)C(=O)[C@H](C)C[C@H](C)/C=C/C=C/C=C/1C)O2. The van der Waals surface area contributed by atoms with Crippen LogP contribution in [0.3, 0.4) is 0 Å². The Morgan fingerprint density at radius 3 is 2.27 bits per heavy atom. The summed E-state index contributed by atoms with van der Waals surface area (Å²) in [5.41, 5.74) is 1.89. The largest absolute Gasteiger partial charge is 0.460 e. The molecule has 4 rings (SSSR count). The van der Waals surface area contributed by atoms with Gasteiger partial charge in [0.1, 0.15) is 24.0 Å². The molecule has 0 aromatic heterocycles. The highest BCUT2D eigenvalue weighted by Gasteiger charge is 2.46. The maximum absolute atomic E-state index is 14.4. The normalized spacial score (nSPS) is 40.8. The van der Waals surface area contributed by atoms with Crippen LogP contribution in [0.4, 0.5) is 0 Å². The van der Waals surface area contributed by atoms with Crippen molar-refractivity contribution in [1.29, 1.82) is 0 Å². The Balaban J connectivity index is 1.67. The van der Waals surface area contributed by atoms with Crippen molar-refractivity contribution in [1.82, 2.24) is 4.90 Å². The van der Waals surface area contributed by atoms with E-state index >= 15 is 0 Å². The van der Waals surface area contributed by atoms with Crippen molar-refractivity contribution in [3.05, 3.63) is 47.6 Å². The quantitative estimate of drug-likeness (QED) is 0.203. The van der Waals surface area contributed by atoms with Gasteiger partial charge in [-0.3, -0.25) is 14.4 Å². The number of methoxy groups -OCH3 is 3. The number of ether oxygens (including phenoxy) is 5. The lowest BCUT2D eigenvalue weighted by Crippen LogP contribution is -2.55. The van der Waals surface area contributed by atoms with Gasteiger partial charge in [-0.2, -0.15) is 0 Å². The van der Waals surface area contributed by atoms with Crippen LogP contribution >= 0.6 is 0 Å². The molecule has 0 aromatic carbocycles. The molecule has 4 aliphatic rings. The van der Waals surface area contributed by atoms with Gasteiger partial charge >= 0.3 is 5.97 Å². The van der Waals surface area contributed by atoms with E-state index in [1.54, 1.807) is 26.2 Å². The predicted octanol–water partition coefficient (Wildman–Crippen LogP) is 9.55. The van der Waals surface area contributed by atoms with Gasteiger partial charge in [0.2, 0.25) is 5.91 Å². The topological polar surface area (TPSA) is 138 Å². The van der Waals surface area contributed by atoms with Crippen molar-refractivity contribution < 1.29 is 48.0 Å². The van der Waals surface area contributed by atoms with Gasteiger partial charge in [-0.1, -0.05) is 90.5 Å². The lowest BCUT2D eigenvalue weighted by molar-refractivity contribution is -0.284. The number of rotatable bonds is 6. The number of aliphatic hydroxyl groups is 1. The van der Waals surface area contributed by atoms with Crippen molar-refractivity contribution in [2.75, 3.05) is 27.9 Å². The second-order valence-corrected chi connectivity index (χ2v) is 20.4. The number of fused-ring (bicyclic) bond motifs is 3. The van der Waals surface area contributed by atoms with Crippen LogP contribution in [0.1, 0.15) is 146 Å². The Morgan fingerprint density at radius 2 is 1.58 bits per heavy atom. The van der Waals surface area contributed by atoms with E-state index in [1.165, 1.54) is 0 Å². The number of Topliss-reactive ketones (excluding diaryl/α,β-unsaturated/α-hetero) is 2. The molecule has 0 unspecified atom stereocenters. The highest BCUT2D eigenvalue weighted by Crippen LogP contribution is 2.39. The van der Waals surface area contributed by atoms with E-state index in [4.69, 9.17) is 23.7 Å². The van der Waals surface area contributed by atoms with Crippen LogP contribution in [0.15, 0.2) is 47.6 Å². The van der Waals surface area contributed by atoms with Crippen LogP contribution in [0.25, 0.3) is 0 Å². The number of carbonyl (C=O) groups excluding carboxylic acids is 4. The van der Waals surface area contributed by atoms with E-state index in [2.05, 4.69) is 26.8 Å². The average molecular weight is 896 g/mol. The van der Waals surface area contributed by atoms with E-state index in [9.17, 15) is 24.3 Å². The third-order valence-electron chi connectivity index (χ3n) is 15.3. The Hall–Kier alpha value is -2.96. The molecule has 3 fully saturated rings. The van der Waals surface area contributed by atoms with Crippen LogP contribution < -0.4 is 0 Å². The molecule has 0 radical (unpaired) electrons. The van der Waals surface area contributed by atoms with Crippen LogP contribution in [-0.4, -0.2) is 104 Å². The predicted molar refractivity (Wildman–Crippen MR) is 251 cm³/mol. The zero-order chi connectivity index (χ0) is 47.3. The van der Waals surface area contributed by atoms with Crippen molar-refractivity contribution in [2.24, 2.45) is 47.3 Å². The number of hydrogen-bond donors (Lipinski definition) is 1. The summed E-state index contributed by atoms with van der Waals surface area (Å²) in [6, 6.07) is -0.836. The summed E-state index contributed by atoms with van der Waals surface area (Å²) in [5, 5.41) is 12.0. The fraction of sp³-hybridized carbons (Fsp3) is 0.774. The van der Waals surface area contributed by atoms with Gasteiger partial charge in [-0.05, 0) is 107 Å². The molecule has 2 bridgehead atoms. The van der Waals surface area contributed by atoms with Gasteiger partial charge in [0, 0.05) is 64.4 Å². The lowest BCUT2D eigenvalue weighted by Gasteiger charge is -2.44. The molecule has 1 aliphatic carbocycles. The fourth-order valence-electron chi connectivity index (χ4n) is 10.7. The number of esters is 1. The van der Waals surface area contributed by atoms with Crippen molar-refractivity contribution >= 4 is 23.4 Å². The second-order valence-electron chi connectivity index (χ2n) is 20.4. The Labute approximate surface area is 386 Å². The molecule has 15 atom stereocenters. The molecule has 362 valence electrons. The van der Waals surface area contributed by atoms with Gasteiger partial charge in [0.15, 0.2) is 11.6 Å². The highest BCUT2D eigenvalue weighted by atomic mass is 16.6. The Morgan fingerprint density at radius 1 is 0.844 bits per heavy atom. The van der Waals surface area contributed by atoms with Crippen molar-refractivity contribution in [3.63, 3.8) is 0 Å². The van der Waals surface area contributed by atoms with Crippen molar-refractivity contribution in [2.45, 2.75) is 188 Å². The summed E-state index contributed by atoms with van der Waals surface area (Å²) in [6.07, 6.45) is 18.1. The van der Waals surface area contributed by atoms with Crippen molar-refractivity contribution in [3.8, 4) is 0 Å². The molecule has 0 spiro atoms. The van der Waals surface area contributed by atoms with E-state index in [-0.39, 0.29) is 78.2 Å². The number of nitrogens with zero attached hydrogens (tertiary/aromatic N) is 1. The van der Waals surface area contributed by atoms with E-state index in [0.717, 1.165) is 49.7 Å². The Kier molecular flexibility index (Phi) is 21.2. The summed E-state index contributed by atoms with van der Waals surface area (Å²) in [7, 11) is 5.00. The number of amides is 1. The van der Waals surface area contributed by atoms with Gasteiger partial charge < -0.3 is 33.7 Å². The zero-order valence-electron chi connectivity index (χ0n) is 41.5. The molecule has 2 saturated heterocycles. The van der Waals surface area contributed by atoms with Crippen LogP contribution in [-0.2, 0) is 42.9 Å². The van der Waals surface area contributed by atoms with Crippen LogP contribution in [0, 0.1) is 47.3 Å². The number of allylic oxidation sites excluding steroid dienone is 6. The van der Waals surface area contributed by atoms with Gasteiger partial charge in [-0.25, -0.2) is 4.79 Å². The molecule has 3 heterocycles. The molecule has 11 nitrogen and oxygen atoms in total.